The molecular formula is C18H14N2O2. The van der Waals surface area contributed by atoms with Crippen molar-refractivity contribution in [2.24, 2.45) is 0 Å². The monoisotopic (exact) mass is 290 g/mol. The van der Waals surface area contributed by atoms with Crippen LogP contribution in [0.2, 0.25) is 0 Å². The Morgan fingerprint density at radius 3 is 2.27 bits per heavy atom. The zero-order valence-corrected chi connectivity index (χ0v) is 12.3. The minimum atomic E-state index is 0.628. The largest absolute Gasteiger partial charge is 0.493 e. The number of hydrogen-bond donors (Lipinski definition) is 0. The van der Waals surface area contributed by atoms with E-state index in [1.165, 1.54) is 0 Å². The number of ether oxygens (including phenoxy) is 2. The lowest BCUT2D eigenvalue weighted by Crippen LogP contribution is -1.92. The molecule has 0 radical (unpaired) electrons. The van der Waals surface area contributed by atoms with E-state index in [0.717, 1.165) is 22.0 Å². The zero-order chi connectivity index (χ0) is 15.5. The standard InChI is InChI=1S/C18H14N2O2/c1-21-16-9-14-7-8-20-18(15(14)10-17(16)22-2)13-5-3-12(11-19)4-6-13/h3-10H,1-2H3. The fourth-order valence-corrected chi connectivity index (χ4v) is 2.43. The zero-order valence-electron chi connectivity index (χ0n) is 12.3. The van der Waals surface area contributed by atoms with Crippen LogP contribution in [0.15, 0.2) is 48.7 Å². The first-order valence-corrected chi connectivity index (χ1v) is 6.78. The summed E-state index contributed by atoms with van der Waals surface area (Å²) in [6.07, 6.45) is 1.77. The summed E-state index contributed by atoms with van der Waals surface area (Å²) in [6.45, 7) is 0. The van der Waals surface area contributed by atoms with Gasteiger partial charge in [-0.1, -0.05) is 12.1 Å². The maximum absolute atomic E-state index is 8.90. The lowest BCUT2D eigenvalue weighted by molar-refractivity contribution is 0.356. The first kappa shape index (κ1) is 13.9. The highest BCUT2D eigenvalue weighted by atomic mass is 16.5. The summed E-state index contributed by atoms with van der Waals surface area (Å²) in [7, 11) is 3.23. The lowest BCUT2D eigenvalue weighted by atomic mass is 10.0. The molecule has 0 aliphatic heterocycles. The van der Waals surface area contributed by atoms with Crippen molar-refractivity contribution in [3.63, 3.8) is 0 Å². The number of rotatable bonds is 3. The average molecular weight is 290 g/mol. The molecule has 0 bridgehead atoms. The van der Waals surface area contributed by atoms with Crippen LogP contribution >= 0.6 is 0 Å². The molecule has 4 nitrogen and oxygen atoms in total. The summed E-state index contributed by atoms with van der Waals surface area (Å²) in [4.78, 5) is 4.48. The molecule has 0 atom stereocenters. The van der Waals surface area contributed by atoms with Gasteiger partial charge in [0.05, 0.1) is 31.5 Å². The number of nitrogens with zero attached hydrogens (tertiary/aromatic N) is 2. The minimum Gasteiger partial charge on any atom is -0.493 e. The Morgan fingerprint density at radius 2 is 1.64 bits per heavy atom. The van der Waals surface area contributed by atoms with Crippen molar-refractivity contribution in [1.82, 2.24) is 4.98 Å². The van der Waals surface area contributed by atoms with Gasteiger partial charge in [0.15, 0.2) is 11.5 Å². The second-order valence-corrected chi connectivity index (χ2v) is 4.78. The van der Waals surface area contributed by atoms with Crippen LogP contribution in [0.25, 0.3) is 22.0 Å². The minimum absolute atomic E-state index is 0.628. The van der Waals surface area contributed by atoms with Crippen molar-refractivity contribution in [3.8, 4) is 28.8 Å². The molecule has 0 amide bonds. The van der Waals surface area contributed by atoms with Gasteiger partial charge >= 0.3 is 0 Å². The Balaban J connectivity index is 2.23. The average Bonchev–Trinajstić information content (AvgIpc) is 2.60. The molecule has 2 aromatic carbocycles. The van der Waals surface area contributed by atoms with Gasteiger partial charge in [0, 0.05) is 17.1 Å². The van der Waals surface area contributed by atoms with Crippen LogP contribution in [0, 0.1) is 11.3 Å². The van der Waals surface area contributed by atoms with Gasteiger partial charge in [-0.15, -0.1) is 0 Å². The third-order valence-electron chi connectivity index (χ3n) is 3.56. The van der Waals surface area contributed by atoms with E-state index in [-0.39, 0.29) is 0 Å². The number of benzene rings is 2. The van der Waals surface area contributed by atoms with E-state index in [9.17, 15) is 0 Å². The van der Waals surface area contributed by atoms with E-state index in [4.69, 9.17) is 14.7 Å². The van der Waals surface area contributed by atoms with E-state index < -0.39 is 0 Å². The van der Waals surface area contributed by atoms with Gasteiger partial charge in [-0.3, -0.25) is 4.98 Å². The molecule has 0 unspecified atom stereocenters. The van der Waals surface area contributed by atoms with Crippen LogP contribution in [0.5, 0.6) is 11.5 Å². The van der Waals surface area contributed by atoms with Gasteiger partial charge < -0.3 is 9.47 Å². The third-order valence-corrected chi connectivity index (χ3v) is 3.56. The highest BCUT2D eigenvalue weighted by Crippen LogP contribution is 2.35. The first-order valence-electron chi connectivity index (χ1n) is 6.78. The van der Waals surface area contributed by atoms with E-state index in [0.29, 0.717) is 17.1 Å². The van der Waals surface area contributed by atoms with Crippen molar-refractivity contribution in [2.75, 3.05) is 14.2 Å². The normalized spacial score (nSPS) is 10.2. The third kappa shape index (κ3) is 2.33. The topological polar surface area (TPSA) is 55.1 Å². The van der Waals surface area contributed by atoms with E-state index >= 15 is 0 Å². The van der Waals surface area contributed by atoms with Gasteiger partial charge in [0.1, 0.15) is 0 Å². The Labute approximate surface area is 128 Å². The highest BCUT2D eigenvalue weighted by Gasteiger charge is 2.11. The molecule has 0 N–H and O–H groups in total. The molecule has 1 aromatic heterocycles. The predicted octanol–water partition coefficient (Wildman–Crippen LogP) is 3.79. The summed E-state index contributed by atoms with van der Waals surface area (Å²) < 4.78 is 10.7. The highest BCUT2D eigenvalue weighted by molar-refractivity contribution is 5.96. The number of aromatic nitrogens is 1. The molecule has 4 heteroatoms. The first-order chi connectivity index (χ1) is 10.8. The van der Waals surface area contributed by atoms with Crippen LogP contribution in [0.4, 0.5) is 0 Å². The van der Waals surface area contributed by atoms with E-state index in [2.05, 4.69) is 11.1 Å². The summed E-state index contributed by atoms with van der Waals surface area (Å²) in [6, 6.07) is 15.3. The van der Waals surface area contributed by atoms with Crippen LogP contribution in [-0.4, -0.2) is 19.2 Å². The van der Waals surface area contributed by atoms with Gasteiger partial charge in [-0.2, -0.15) is 5.26 Å². The Morgan fingerprint density at radius 1 is 0.955 bits per heavy atom. The molecule has 0 fully saturated rings. The van der Waals surface area contributed by atoms with Crippen LogP contribution in [0.1, 0.15) is 5.56 Å². The smallest absolute Gasteiger partial charge is 0.161 e. The molecule has 1 heterocycles. The summed E-state index contributed by atoms with van der Waals surface area (Å²) in [5.74, 6) is 1.35. The van der Waals surface area contributed by atoms with Crippen LogP contribution in [-0.2, 0) is 0 Å². The molecule has 0 aliphatic rings. The Kier molecular flexibility index (Phi) is 3.63. The Hall–Kier alpha value is -3.06. The van der Waals surface area contributed by atoms with Crippen molar-refractivity contribution in [1.29, 1.82) is 5.26 Å². The SMILES string of the molecule is COc1cc2ccnc(-c3ccc(C#N)cc3)c2cc1OC. The molecule has 3 rings (SSSR count). The van der Waals surface area contributed by atoms with Crippen molar-refractivity contribution >= 4 is 10.8 Å². The molecular weight excluding hydrogens is 276 g/mol. The van der Waals surface area contributed by atoms with Gasteiger partial charge in [-0.05, 0) is 35.7 Å². The van der Waals surface area contributed by atoms with Crippen LogP contribution < -0.4 is 9.47 Å². The fraction of sp³-hybridized carbons (Fsp3) is 0.111. The summed E-state index contributed by atoms with van der Waals surface area (Å²) >= 11 is 0. The molecule has 0 aliphatic carbocycles. The number of fused-ring (bicyclic) bond motifs is 1. The summed E-state index contributed by atoms with van der Waals surface area (Å²) in [5.41, 5.74) is 2.43. The van der Waals surface area contributed by atoms with Crippen molar-refractivity contribution < 1.29 is 9.47 Å². The number of nitriles is 1. The molecule has 0 saturated carbocycles. The lowest BCUT2D eigenvalue weighted by Gasteiger charge is -2.11. The second-order valence-electron chi connectivity index (χ2n) is 4.78. The molecule has 0 saturated heterocycles. The van der Waals surface area contributed by atoms with Crippen molar-refractivity contribution in [2.45, 2.75) is 0 Å². The van der Waals surface area contributed by atoms with E-state index in [1.54, 1.807) is 32.5 Å². The number of hydrogen-bond acceptors (Lipinski definition) is 4. The quantitative estimate of drug-likeness (QED) is 0.736. The van der Waals surface area contributed by atoms with E-state index in [1.807, 2.05) is 30.3 Å². The van der Waals surface area contributed by atoms with Gasteiger partial charge in [0.25, 0.3) is 0 Å². The fourth-order valence-electron chi connectivity index (χ4n) is 2.43. The molecule has 22 heavy (non-hydrogen) atoms. The molecule has 0 spiro atoms. The second kappa shape index (κ2) is 5.74. The number of methoxy groups -OCH3 is 2. The predicted molar refractivity (Wildman–Crippen MR) is 85.0 cm³/mol. The van der Waals surface area contributed by atoms with Crippen LogP contribution in [0.3, 0.4) is 0 Å². The Bertz CT molecular complexity index is 865. The van der Waals surface area contributed by atoms with Gasteiger partial charge in [-0.25, -0.2) is 0 Å². The maximum atomic E-state index is 8.90. The molecule has 3 aromatic rings. The maximum Gasteiger partial charge on any atom is 0.161 e. The number of pyridine rings is 1. The molecule has 108 valence electrons. The summed E-state index contributed by atoms with van der Waals surface area (Å²) in [5, 5.41) is 10.9. The van der Waals surface area contributed by atoms with Gasteiger partial charge in [0.2, 0.25) is 0 Å². The van der Waals surface area contributed by atoms with Crippen molar-refractivity contribution in [3.05, 3.63) is 54.2 Å².